The van der Waals surface area contributed by atoms with Crippen LogP contribution in [-0.2, 0) is 4.79 Å². The molecule has 0 aliphatic carbocycles. The lowest BCUT2D eigenvalue weighted by atomic mass is 9.90. The molecular formula is C13H22N4O. The zero-order chi connectivity index (χ0) is 13.0. The molecule has 18 heavy (non-hydrogen) atoms. The monoisotopic (exact) mass is 250 g/mol. The smallest absolute Gasteiger partial charge is 0.240 e. The van der Waals surface area contributed by atoms with Crippen molar-refractivity contribution in [3.63, 3.8) is 0 Å². The zero-order valence-corrected chi connectivity index (χ0v) is 11.1. The molecule has 2 rings (SSSR count). The van der Waals surface area contributed by atoms with Gasteiger partial charge in [-0.3, -0.25) is 9.89 Å². The van der Waals surface area contributed by atoms with Crippen LogP contribution in [0, 0.1) is 0 Å². The molecule has 1 amide bonds. The van der Waals surface area contributed by atoms with Crippen LogP contribution in [0.1, 0.15) is 51.1 Å². The quantitative estimate of drug-likeness (QED) is 0.742. The number of nitrogens with one attached hydrogen (secondary N) is 3. The highest BCUT2D eigenvalue weighted by atomic mass is 16.2. The minimum absolute atomic E-state index is 0.00705. The van der Waals surface area contributed by atoms with Crippen molar-refractivity contribution in [2.24, 2.45) is 0 Å². The predicted octanol–water partition coefficient (Wildman–Crippen LogP) is 1.51. The molecule has 5 nitrogen and oxygen atoms in total. The van der Waals surface area contributed by atoms with Crippen molar-refractivity contribution in [3.8, 4) is 0 Å². The number of amides is 1. The number of H-pyrrole nitrogens is 1. The number of aromatic nitrogens is 2. The van der Waals surface area contributed by atoms with E-state index in [9.17, 15) is 4.79 Å². The van der Waals surface area contributed by atoms with Gasteiger partial charge in [0, 0.05) is 11.8 Å². The predicted molar refractivity (Wildman–Crippen MR) is 70.0 cm³/mol. The van der Waals surface area contributed by atoms with Gasteiger partial charge in [0.1, 0.15) is 0 Å². The molecule has 3 N–H and O–H groups in total. The van der Waals surface area contributed by atoms with Crippen molar-refractivity contribution in [3.05, 3.63) is 18.0 Å². The summed E-state index contributed by atoms with van der Waals surface area (Å²) in [4.78, 5) is 12.5. The molecule has 2 heterocycles. The van der Waals surface area contributed by atoms with Gasteiger partial charge < -0.3 is 10.6 Å². The van der Waals surface area contributed by atoms with E-state index in [0.717, 1.165) is 37.8 Å². The molecule has 100 valence electrons. The lowest BCUT2D eigenvalue weighted by molar-refractivity contribution is -0.128. The van der Waals surface area contributed by atoms with E-state index in [2.05, 4.69) is 27.8 Å². The van der Waals surface area contributed by atoms with E-state index >= 15 is 0 Å². The summed E-state index contributed by atoms with van der Waals surface area (Å²) in [6.45, 7) is 5.04. The molecular weight excluding hydrogens is 228 g/mol. The number of hydrogen-bond donors (Lipinski definition) is 3. The van der Waals surface area contributed by atoms with Gasteiger partial charge in [0.15, 0.2) is 0 Å². The molecule has 1 saturated heterocycles. The second-order valence-electron chi connectivity index (χ2n) is 5.09. The van der Waals surface area contributed by atoms with E-state index in [-0.39, 0.29) is 17.5 Å². The summed E-state index contributed by atoms with van der Waals surface area (Å²) in [5.74, 6) is 0.121. The maximum absolute atomic E-state index is 12.5. The summed E-state index contributed by atoms with van der Waals surface area (Å²) in [5.41, 5.74) is 0.653. The summed E-state index contributed by atoms with van der Waals surface area (Å²) in [6.07, 6.45) is 7.49. The largest absolute Gasteiger partial charge is 0.348 e. The Hall–Kier alpha value is -1.36. The Labute approximate surface area is 108 Å². The first kappa shape index (κ1) is 13.1. The molecule has 1 aliphatic rings. The van der Waals surface area contributed by atoms with Gasteiger partial charge in [-0.25, -0.2) is 0 Å². The molecule has 0 aromatic carbocycles. The molecule has 0 bridgehead atoms. The van der Waals surface area contributed by atoms with Crippen LogP contribution >= 0.6 is 0 Å². The summed E-state index contributed by atoms with van der Waals surface area (Å²) in [6, 6.07) is -0.00705. The van der Waals surface area contributed by atoms with Gasteiger partial charge in [-0.1, -0.05) is 13.3 Å². The number of carbonyl (C=O) groups excluding carboxylic acids is 1. The van der Waals surface area contributed by atoms with E-state index in [1.54, 1.807) is 6.20 Å². The Bertz CT molecular complexity index is 382. The average Bonchev–Trinajstić information content (AvgIpc) is 3.00. The number of nitrogens with zero attached hydrogens (tertiary/aromatic N) is 1. The minimum Gasteiger partial charge on any atom is -0.348 e. The Morgan fingerprint density at radius 3 is 3.06 bits per heavy atom. The molecule has 2 atom stereocenters. The first-order chi connectivity index (χ1) is 8.68. The van der Waals surface area contributed by atoms with Crippen LogP contribution in [-0.4, -0.2) is 28.2 Å². The molecule has 0 spiro atoms. The highest BCUT2D eigenvalue weighted by Gasteiger charge is 2.40. The highest BCUT2D eigenvalue weighted by molar-refractivity contribution is 5.87. The van der Waals surface area contributed by atoms with Gasteiger partial charge in [0.25, 0.3) is 0 Å². The first-order valence-corrected chi connectivity index (χ1v) is 6.72. The first-order valence-electron chi connectivity index (χ1n) is 6.72. The third kappa shape index (κ3) is 2.56. The van der Waals surface area contributed by atoms with E-state index in [1.165, 1.54) is 0 Å². The zero-order valence-electron chi connectivity index (χ0n) is 11.1. The SMILES string of the molecule is CCCC1(C(=O)NC(C)c2cn[nH]c2)CCCN1. The molecule has 0 saturated carbocycles. The second-order valence-corrected chi connectivity index (χ2v) is 5.09. The number of aromatic amines is 1. The second kappa shape index (κ2) is 5.52. The molecule has 5 heteroatoms. The van der Waals surface area contributed by atoms with Gasteiger partial charge in [0.2, 0.25) is 5.91 Å². The summed E-state index contributed by atoms with van der Waals surface area (Å²) >= 11 is 0. The van der Waals surface area contributed by atoms with Crippen molar-refractivity contribution in [2.45, 2.75) is 51.1 Å². The maximum Gasteiger partial charge on any atom is 0.240 e. The van der Waals surface area contributed by atoms with Gasteiger partial charge in [-0.2, -0.15) is 5.10 Å². The molecule has 1 fully saturated rings. The lowest BCUT2D eigenvalue weighted by Gasteiger charge is -2.29. The van der Waals surface area contributed by atoms with Crippen LogP contribution in [0.3, 0.4) is 0 Å². The fourth-order valence-corrected chi connectivity index (χ4v) is 2.67. The van der Waals surface area contributed by atoms with E-state index < -0.39 is 0 Å². The Kier molecular flexibility index (Phi) is 4.01. The van der Waals surface area contributed by atoms with Crippen molar-refractivity contribution in [2.75, 3.05) is 6.54 Å². The lowest BCUT2D eigenvalue weighted by Crippen LogP contribution is -2.53. The standard InChI is InChI=1S/C13H22N4O/c1-3-5-13(6-4-7-14-13)12(18)17-10(2)11-8-15-16-9-11/h8-10,14H,3-7H2,1-2H3,(H,15,16)(H,17,18). The molecule has 0 radical (unpaired) electrons. The van der Waals surface area contributed by atoms with Crippen molar-refractivity contribution < 1.29 is 4.79 Å². The van der Waals surface area contributed by atoms with Crippen molar-refractivity contribution in [1.29, 1.82) is 0 Å². The van der Waals surface area contributed by atoms with Crippen LogP contribution < -0.4 is 10.6 Å². The van der Waals surface area contributed by atoms with Gasteiger partial charge in [-0.05, 0) is 32.7 Å². The van der Waals surface area contributed by atoms with Crippen LogP contribution in [0.25, 0.3) is 0 Å². The number of hydrogen-bond acceptors (Lipinski definition) is 3. The van der Waals surface area contributed by atoms with Crippen molar-refractivity contribution >= 4 is 5.91 Å². The average molecular weight is 250 g/mol. The van der Waals surface area contributed by atoms with Crippen LogP contribution in [0.2, 0.25) is 0 Å². The Morgan fingerprint density at radius 2 is 2.50 bits per heavy atom. The Morgan fingerprint density at radius 1 is 1.67 bits per heavy atom. The fourth-order valence-electron chi connectivity index (χ4n) is 2.67. The molecule has 1 aromatic heterocycles. The number of rotatable bonds is 5. The topological polar surface area (TPSA) is 69.8 Å². The third-order valence-electron chi connectivity index (χ3n) is 3.72. The molecule has 1 aliphatic heterocycles. The minimum atomic E-state index is -0.354. The van der Waals surface area contributed by atoms with E-state index in [4.69, 9.17) is 0 Å². The highest BCUT2D eigenvalue weighted by Crippen LogP contribution is 2.26. The van der Waals surface area contributed by atoms with E-state index in [0.29, 0.717) is 0 Å². The van der Waals surface area contributed by atoms with Crippen LogP contribution in [0.4, 0.5) is 0 Å². The van der Waals surface area contributed by atoms with Crippen LogP contribution in [0.5, 0.6) is 0 Å². The van der Waals surface area contributed by atoms with Gasteiger partial charge in [0.05, 0.1) is 17.8 Å². The maximum atomic E-state index is 12.5. The van der Waals surface area contributed by atoms with Gasteiger partial charge >= 0.3 is 0 Å². The van der Waals surface area contributed by atoms with E-state index in [1.807, 2.05) is 13.1 Å². The Balaban J connectivity index is 2.01. The van der Waals surface area contributed by atoms with Gasteiger partial charge in [-0.15, -0.1) is 0 Å². The summed E-state index contributed by atoms with van der Waals surface area (Å²) in [5, 5.41) is 13.2. The van der Waals surface area contributed by atoms with Crippen molar-refractivity contribution in [1.82, 2.24) is 20.8 Å². The van der Waals surface area contributed by atoms with Crippen LogP contribution in [0.15, 0.2) is 12.4 Å². The summed E-state index contributed by atoms with van der Waals surface area (Å²) < 4.78 is 0. The third-order valence-corrected chi connectivity index (χ3v) is 3.72. The molecule has 1 aromatic rings. The normalized spacial score (nSPS) is 25.0. The number of carbonyl (C=O) groups is 1. The fraction of sp³-hybridized carbons (Fsp3) is 0.692. The summed E-state index contributed by atoms with van der Waals surface area (Å²) in [7, 11) is 0. The molecule has 2 unspecified atom stereocenters.